The van der Waals surface area contributed by atoms with E-state index in [-0.39, 0.29) is 11.9 Å². The van der Waals surface area contributed by atoms with Crippen LogP contribution in [0, 0.1) is 0 Å². The summed E-state index contributed by atoms with van der Waals surface area (Å²) in [6, 6.07) is 5.25. The van der Waals surface area contributed by atoms with Crippen molar-refractivity contribution in [3.05, 3.63) is 33.3 Å². The smallest absolute Gasteiger partial charge is 0.251 e. The molecule has 0 unspecified atom stereocenters. The predicted molar refractivity (Wildman–Crippen MR) is 61.8 cm³/mol. The summed E-state index contributed by atoms with van der Waals surface area (Å²) in [5, 5.41) is 3.34. The molecule has 1 N–H and O–H groups in total. The summed E-state index contributed by atoms with van der Waals surface area (Å²) in [5.41, 5.74) is 0.568. The number of amides is 1. The van der Waals surface area contributed by atoms with Crippen molar-refractivity contribution >= 4 is 33.4 Å². The minimum absolute atomic E-state index is 0.108. The van der Waals surface area contributed by atoms with Crippen LogP contribution >= 0.6 is 27.5 Å². The lowest BCUT2D eigenvalue weighted by atomic mass is 10.2. The first-order valence-corrected chi connectivity index (χ1v) is 5.43. The molecule has 0 spiro atoms. The molecule has 4 heteroatoms. The minimum atomic E-state index is -0.108. The third-order valence-electron chi connectivity index (χ3n) is 1.54. The standard InChI is InChI=1S/C10H11BrClNO/c1-6(2)13-10(14)7-3-8(11)5-9(12)4-7/h3-6H,1-2H3,(H,13,14). The number of benzene rings is 1. The number of halogens is 2. The van der Waals surface area contributed by atoms with Gasteiger partial charge in [-0.1, -0.05) is 27.5 Å². The molecule has 76 valence electrons. The number of hydrogen-bond acceptors (Lipinski definition) is 1. The van der Waals surface area contributed by atoms with Crippen LogP contribution in [0.15, 0.2) is 22.7 Å². The average Bonchev–Trinajstić information content (AvgIpc) is 2.00. The van der Waals surface area contributed by atoms with Gasteiger partial charge in [-0.3, -0.25) is 4.79 Å². The topological polar surface area (TPSA) is 29.1 Å². The lowest BCUT2D eigenvalue weighted by molar-refractivity contribution is 0.0943. The van der Waals surface area contributed by atoms with Gasteiger partial charge < -0.3 is 5.32 Å². The summed E-state index contributed by atoms with van der Waals surface area (Å²) in [5.74, 6) is -0.108. The van der Waals surface area contributed by atoms with E-state index in [4.69, 9.17) is 11.6 Å². The molecule has 0 aliphatic heterocycles. The highest BCUT2D eigenvalue weighted by Crippen LogP contribution is 2.19. The molecule has 1 amide bonds. The van der Waals surface area contributed by atoms with Crippen molar-refractivity contribution < 1.29 is 4.79 Å². The van der Waals surface area contributed by atoms with Crippen molar-refractivity contribution in [3.63, 3.8) is 0 Å². The molecule has 0 aliphatic carbocycles. The number of carbonyl (C=O) groups excluding carboxylic acids is 1. The molecule has 0 atom stereocenters. The Hall–Kier alpha value is -0.540. The van der Waals surface area contributed by atoms with Crippen LogP contribution in [-0.2, 0) is 0 Å². The normalized spacial score (nSPS) is 10.4. The van der Waals surface area contributed by atoms with Crippen molar-refractivity contribution in [2.24, 2.45) is 0 Å². The van der Waals surface area contributed by atoms with E-state index >= 15 is 0 Å². The highest BCUT2D eigenvalue weighted by molar-refractivity contribution is 9.10. The first-order chi connectivity index (χ1) is 6.49. The molecule has 0 radical (unpaired) electrons. The molecule has 14 heavy (non-hydrogen) atoms. The SMILES string of the molecule is CC(C)NC(=O)c1cc(Cl)cc(Br)c1. The van der Waals surface area contributed by atoms with Gasteiger partial charge in [0.2, 0.25) is 0 Å². The van der Waals surface area contributed by atoms with Gasteiger partial charge in [-0.05, 0) is 32.0 Å². The van der Waals surface area contributed by atoms with E-state index in [0.29, 0.717) is 10.6 Å². The second-order valence-electron chi connectivity index (χ2n) is 3.29. The molecule has 0 saturated heterocycles. The van der Waals surface area contributed by atoms with E-state index in [0.717, 1.165) is 4.47 Å². The number of rotatable bonds is 2. The maximum Gasteiger partial charge on any atom is 0.251 e. The Morgan fingerprint density at radius 2 is 2.07 bits per heavy atom. The fourth-order valence-corrected chi connectivity index (χ4v) is 1.89. The maximum atomic E-state index is 11.6. The van der Waals surface area contributed by atoms with Crippen LogP contribution in [0.1, 0.15) is 24.2 Å². The Morgan fingerprint density at radius 1 is 1.43 bits per heavy atom. The Balaban J connectivity index is 2.90. The molecule has 1 rings (SSSR count). The summed E-state index contributed by atoms with van der Waals surface area (Å²) in [6.07, 6.45) is 0. The van der Waals surface area contributed by atoms with E-state index < -0.39 is 0 Å². The molecule has 0 heterocycles. The lowest BCUT2D eigenvalue weighted by Gasteiger charge is -2.08. The second kappa shape index (κ2) is 4.80. The van der Waals surface area contributed by atoms with E-state index in [1.165, 1.54) is 0 Å². The summed E-state index contributed by atoms with van der Waals surface area (Å²) < 4.78 is 0.805. The van der Waals surface area contributed by atoms with Crippen LogP contribution in [0.2, 0.25) is 5.02 Å². The molecular weight excluding hydrogens is 265 g/mol. The van der Waals surface area contributed by atoms with Gasteiger partial charge in [0.1, 0.15) is 0 Å². The van der Waals surface area contributed by atoms with Crippen molar-refractivity contribution in [3.8, 4) is 0 Å². The molecule has 1 aromatic rings. The monoisotopic (exact) mass is 275 g/mol. The van der Waals surface area contributed by atoms with E-state index in [9.17, 15) is 4.79 Å². The van der Waals surface area contributed by atoms with Crippen molar-refractivity contribution in [2.45, 2.75) is 19.9 Å². The predicted octanol–water partition coefficient (Wildman–Crippen LogP) is 3.24. The van der Waals surface area contributed by atoms with Gasteiger partial charge >= 0.3 is 0 Å². The van der Waals surface area contributed by atoms with Gasteiger partial charge in [0, 0.05) is 21.1 Å². The fourth-order valence-electron chi connectivity index (χ4n) is 1.03. The zero-order valence-electron chi connectivity index (χ0n) is 7.97. The third kappa shape index (κ3) is 3.31. The van der Waals surface area contributed by atoms with Crippen molar-refractivity contribution in [1.82, 2.24) is 5.32 Å². The largest absolute Gasteiger partial charge is 0.350 e. The quantitative estimate of drug-likeness (QED) is 0.883. The van der Waals surface area contributed by atoms with E-state index in [1.807, 2.05) is 13.8 Å². The molecule has 2 nitrogen and oxygen atoms in total. The molecule has 0 saturated carbocycles. The Bertz CT molecular complexity index is 332. The molecule has 0 aromatic heterocycles. The average molecular weight is 277 g/mol. The third-order valence-corrected chi connectivity index (χ3v) is 2.22. The highest BCUT2D eigenvalue weighted by atomic mass is 79.9. The molecule has 0 bridgehead atoms. The van der Waals surface area contributed by atoms with Crippen LogP contribution in [0.5, 0.6) is 0 Å². The van der Waals surface area contributed by atoms with Gasteiger partial charge in [0.15, 0.2) is 0 Å². The zero-order valence-corrected chi connectivity index (χ0v) is 10.3. The molecule has 1 aromatic carbocycles. The highest BCUT2D eigenvalue weighted by Gasteiger charge is 2.08. The number of carbonyl (C=O) groups is 1. The lowest BCUT2D eigenvalue weighted by Crippen LogP contribution is -2.30. The van der Waals surface area contributed by atoms with Crippen LogP contribution in [-0.4, -0.2) is 11.9 Å². The Kier molecular flexibility index (Phi) is 3.96. The summed E-state index contributed by atoms with van der Waals surface area (Å²) in [4.78, 5) is 11.6. The molecule has 0 fully saturated rings. The number of nitrogens with one attached hydrogen (secondary N) is 1. The molecule has 0 aliphatic rings. The van der Waals surface area contributed by atoms with Gasteiger partial charge in [0.05, 0.1) is 0 Å². The van der Waals surface area contributed by atoms with Crippen LogP contribution in [0.3, 0.4) is 0 Å². The minimum Gasteiger partial charge on any atom is -0.350 e. The van der Waals surface area contributed by atoms with E-state index in [2.05, 4.69) is 21.2 Å². The summed E-state index contributed by atoms with van der Waals surface area (Å²) in [6.45, 7) is 3.83. The summed E-state index contributed by atoms with van der Waals surface area (Å²) in [7, 11) is 0. The molecular formula is C10H11BrClNO. The van der Waals surface area contributed by atoms with Gasteiger partial charge in [0.25, 0.3) is 5.91 Å². The van der Waals surface area contributed by atoms with Gasteiger partial charge in [-0.2, -0.15) is 0 Å². The number of hydrogen-bond donors (Lipinski definition) is 1. The fraction of sp³-hybridized carbons (Fsp3) is 0.300. The Labute approximate surface area is 96.8 Å². The van der Waals surface area contributed by atoms with Gasteiger partial charge in [-0.15, -0.1) is 0 Å². The van der Waals surface area contributed by atoms with Crippen LogP contribution in [0.4, 0.5) is 0 Å². The summed E-state index contributed by atoms with van der Waals surface area (Å²) >= 11 is 9.10. The first kappa shape index (κ1) is 11.5. The van der Waals surface area contributed by atoms with E-state index in [1.54, 1.807) is 18.2 Å². The first-order valence-electron chi connectivity index (χ1n) is 4.26. The van der Waals surface area contributed by atoms with Crippen molar-refractivity contribution in [1.29, 1.82) is 0 Å². The maximum absolute atomic E-state index is 11.6. The zero-order chi connectivity index (χ0) is 10.7. The van der Waals surface area contributed by atoms with Crippen LogP contribution in [0.25, 0.3) is 0 Å². The Morgan fingerprint density at radius 3 is 2.57 bits per heavy atom. The van der Waals surface area contributed by atoms with Crippen molar-refractivity contribution in [2.75, 3.05) is 0 Å². The van der Waals surface area contributed by atoms with Crippen LogP contribution < -0.4 is 5.32 Å². The van der Waals surface area contributed by atoms with Gasteiger partial charge in [-0.25, -0.2) is 0 Å². The second-order valence-corrected chi connectivity index (χ2v) is 4.64.